The zero-order valence-electron chi connectivity index (χ0n) is 30.2. The van der Waals surface area contributed by atoms with Gasteiger partial charge in [-0.15, -0.1) is 0 Å². The number of ether oxygens (including phenoxy) is 3. The van der Waals surface area contributed by atoms with Crippen molar-refractivity contribution < 1.29 is 32.6 Å². The molecule has 0 unspecified atom stereocenters. The molecule has 0 heterocycles. The van der Waals surface area contributed by atoms with E-state index in [9.17, 15) is 9.36 Å². The van der Waals surface area contributed by atoms with Crippen molar-refractivity contribution >= 4 is 19.4 Å². The fraction of sp³-hybridized carbons (Fsp3) is 0.667. The summed E-state index contributed by atoms with van der Waals surface area (Å²) in [6.07, 6.45) is 21.4. The van der Waals surface area contributed by atoms with Gasteiger partial charge in [-0.05, 0) is 32.3 Å². The van der Waals surface area contributed by atoms with Crippen LogP contribution in [0, 0.1) is 0 Å². The van der Waals surface area contributed by atoms with Gasteiger partial charge in [-0.1, -0.05) is 134 Å². The van der Waals surface area contributed by atoms with E-state index in [0.29, 0.717) is 50.0 Å². The number of carbonyl (C=O) groups excluding carboxylic acids is 1. The van der Waals surface area contributed by atoms with Crippen molar-refractivity contribution in [1.82, 2.24) is 0 Å². The average molecular weight is 690 g/mol. The molecule has 2 aromatic rings. The van der Waals surface area contributed by atoms with Gasteiger partial charge in [-0.2, -0.15) is 0 Å². The Balaban J connectivity index is 1.73. The van der Waals surface area contributed by atoms with Crippen LogP contribution in [-0.2, 0) is 25.0 Å². The summed E-state index contributed by atoms with van der Waals surface area (Å²) in [6.45, 7) is 7.60. The van der Waals surface area contributed by atoms with E-state index in [1.165, 1.54) is 89.9 Å². The molecule has 0 atom stereocenters. The minimum absolute atomic E-state index is 0.172. The Morgan fingerprint density at radius 3 is 1.60 bits per heavy atom. The second-order valence-electron chi connectivity index (χ2n) is 12.4. The summed E-state index contributed by atoms with van der Waals surface area (Å²) in [4.78, 5) is 12.6. The first-order chi connectivity index (χ1) is 23.5. The van der Waals surface area contributed by atoms with E-state index >= 15 is 0 Å². The summed E-state index contributed by atoms with van der Waals surface area (Å²) in [5.41, 5.74) is 1.42. The number of carbonyl (C=O) groups is 1. The summed E-state index contributed by atoms with van der Waals surface area (Å²) in [5, 5.41) is 2.79. The van der Waals surface area contributed by atoms with E-state index < -0.39 is 13.7 Å². The summed E-state index contributed by atoms with van der Waals surface area (Å²) in [5.74, 6) is 1.15. The molecule has 0 bridgehead atoms. The van der Waals surface area contributed by atoms with Gasteiger partial charge < -0.3 is 23.3 Å². The first-order valence-corrected chi connectivity index (χ1v) is 20.5. The highest BCUT2D eigenvalue weighted by atomic mass is 31.2. The third kappa shape index (κ3) is 20.7. The van der Waals surface area contributed by atoms with Crippen molar-refractivity contribution in [2.75, 3.05) is 37.9 Å². The maximum atomic E-state index is 12.8. The molecule has 0 aliphatic heterocycles. The van der Waals surface area contributed by atoms with Crippen molar-refractivity contribution in [2.45, 2.75) is 137 Å². The molecule has 2 rings (SSSR count). The van der Waals surface area contributed by atoms with Crippen LogP contribution in [0.5, 0.6) is 11.5 Å². The molecule has 0 aromatic heterocycles. The van der Waals surface area contributed by atoms with Crippen LogP contribution in [0.3, 0.4) is 0 Å². The van der Waals surface area contributed by atoms with Gasteiger partial charge in [0.25, 0.3) is 0 Å². The Bertz CT molecular complexity index is 1120. The third-order valence-corrected chi connectivity index (χ3v) is 10.3. The van der Waals surface area contributed by atoms with Gasteiger partial charge in [0.05, 0.1) is 38.3 Å². The van der Waals surface area contributed by atoms with Gasteiger partial charge >= 0.3 is 13.7 Å². The minimum atomic E-state index is -3.13. The fourth-order valence-corrected chi connectivity index (χ4v) is 7.17. The van der Waals surface area contributed by atoms with Crippen LogP contribution in [0.4, 0.5) is 10.5 Å². The van der Waals surface area contributed by atoms with Gasteiger partial charge in [0, 0.05) is 18.2 Å². The van der Waals surface area contributed by atoms with Crippen LogP contribution >= 0.6 is 7.60 Å². The lowest BCUT2D eigenvalue weighted by molar-refractivity contribution is 0.155. The van der Waals surface area contributed by atoms with E-state index in [4.69, 9.17) is 23.3 Å². The maximum Gasteiger partial charge on any atom is 0.411 e. The highest BCUT2D eigenvalue weighted by Gasteiger charge is 2.22. The van der Waals surface area contributed by atoms with Gasteiger partial charge in [-0.3, -0.25) is 9.88 Å². The summed E-state index contributed by atoms with van der Waals surface area (Å²) >= 11 is 0. The van der Waals surface area contributed by atoms with Gasteiger partial charge in [0.15, 0.2) is 0 Å². The molecule has 8 nitrogen and oxygen atoms in total. The Morgan fingerprint density at radius 1 is 0.625 bits per heavy atom. The number of unbranched alkanes of at least 4 members (excludes halogenated alkanes) is 15. The Hall–Kier alpha value is -2.54. The maximum absolute atomic E-state index is 12.8. The summed E-state index contributed by atoms with van der Waals surface area (Å²) < 4.78 is 41.0. The number of rotatable bonds is 30. The summed E-state index contributed by atoms with van der Waals surface area (Å²) in [6, 6.07) is 14.9. The highest BCUT2D eigenvalue weighted by molar-refractivity contribution is 7.53. The van der Waals surface area contributed by atoms with Crippen molar-refractivity contribution in [3.63, 3.8) is 0 Å². The molecule has 0 saturated carbocycles. The largest absolute Gasteiger partial charge is 0.493 e. The molecule has 1 amide bonds. The first-order valence-electron chi connectivity index (χ1n) is 18.7. The number of anilines is 1. The van der Waals surface area contributed by atoms with Crippen LogP contribution < -0.4 is 14.8 Å². The van der Waals surface area contributed by atoms with E-state index in [0.717, 1.165) is 18.4 Å². The molecule has 0 aliphatic carbocycles. The smallest absolute Gasteiger partial charge is 0.411 e. The second-order valence-corrected chi connectivity index (χ2v) is 14.6. The SMILES string of the molecule is CCCCCCCCCCCCCCCCCCOc1cc(NC(=O)OCc2ccccc2)cc(OCCCP(=O)(OCC)OCC)c1. The topological polar surface area (TPSA) is 92.3 Å². The molecule has 0 saturated heterocycles. The van der Waals surface area contributed by atoms with Crippen LogP contribution in [-0.4, -0.2) is 38.7 Å². The fourth-order valence-electron chi connectivity index (χ4n) is 5.54. The van der Waals surface area contributed by atoms with Crippen molar-refractivity contribution in [3.05, 3.63) is 54.1 Å². The van der Waals surface area contributed by atoms with Crippen molar-refractivity contribution in [3.8, 4) is 11.5 Å². The third-order valence-electron chi connectivity index (χ3n) is 8.10. The second kappa shape index (κ2) is 27.3. The van der Waals surface area contributed by atoms with E-state index in [1.54, 1.807) is 26.0 Å². The number of hydrogen-bond donors (Lipinski definition) is 1. The number of benzene rings is 2. The quantitative estimate of drug-likeness (QED) is 0.0644. The molecule has 48 heavy (non-hydrogen) atoms. The normalized spacial score (nSPS) is 11.4. The average Bonchev–Trinajstić information content (AvgIpc) is 3.08. The molecule has 9 heteroatoms. The predicted molar refractivity (Wildman–Crippen MR) is 198 cm³/mol. The van der Waals surface area contributed by atoms with Gasteiger partial charge in [0.2, 0.25) is 0 Å². The lowest BCUT2D eigenvalue weighted by Crippen LogP contribution is -2.14. The highest BCUT2D eigenvalue weighted by Crippen LogP contribution is 2.48. The number of hydrogen-bond acceptors (Lipinski definition) is 7. The Labute approximate surface area is 291 Å². The molecule has 0 fully saturated rings. The van der Waals surface area contributed by atoms with Crippen molar-refractivity contribution in [1.29, 1.82) is 0 Å². The monoisotopic (exact) mass is 689 g/mol. The van der Waals surface area contributed by atoms with Crippen molar-refractivity contribution in [2.24, 2.45) is 0 Å². The van der Waals surface area contributed by atoms with E-state index in [2.05, 4.69) is 12.2 Å². The molecule has 0 aliphatic rings. The molecule has 272 valence electrons. The number of amides is 1. The van der Waals surface area contributed by atoms with Crippen LogP contribution in [0.25, 0.3) is 0 Å². The van der Waals surface area contributed by atoms with E-state index in [-0.39, 0.29) is 12.8 Å². The Kier molecular flexibility index (Phi) is 23.7. The molecular formula is C39H64NO7P. The van der Waals surface area contributed by atoms with Crippen LogP contribution in [0.2, 0.25) is 0 Å². The standard InChI is InChI=1S/C39H64NO7P/c1-4-7-8-9-10-11-12-13-14-15-16-17-18-19-20-24-28-43-37-31-36(40-39(41)45-34-35-26-22-21-23-27-35)32-38(33-37)44-29-25-30-48(42,46-5-2)47-6-3/h21-23,26-27,31-33H,4-20,24-25,28-30,34H2,1-3H3,(H,40,41). The Morgan fingerprint density at radius 2 is 1.10 bits per heavy atom. The minimum Gasteiger partial charge on any atom is -0.493 e. The predicted octanol–water partition coefficient (Wildman–Crippen LogP) is 12.1. The zero-order valence-corrected chi connectivity index (χ0v) is 31.1. The number of nitrogens with one attached hydrogen (secondary N) is 1. The molecular weight excluding hydrogens is 625 g/mol. The molecule has 0 radical (unpaired) electrons. The zero-order chi connectivity index (χ0) is 34.5. The van der Waals surface area contributed by atoms with Crippen LogP contribution in [0.1, 0.15) is 135 Å². The molecule has 2 aromatic carbocycles. The summed E-state index contributed by atoms with van der Waals surface area (Å²) in [7, 11) is -3.13. The van der Waals surface area contributed by atoms with Gasteiger partial charge in [-0.25, -0.2) is 4.79 Å². The molecule has 0 spiro atoms. The first kappa shape index (κ1) is 41.6. The van der Waals surface area contributed by atoms with E-state index in [1.807, 2.05) is 36.4 Å². The van der Waals surface area contributed by atoms with Crippen LogP contribution in [0.15, 0.2) is 48.5 Å². The molecule has 1 N–H and O–H groups in total. The lowest BCUT2D eigenvalue weighted by atomic mass is 10.0. The lowest BCUT2D eigenvalue weighted by Gasteiger charge is -2.17. The van der Waals surface area contributed by atoms with Gasteiger partial charge in [0.1, 0.15) is 18.1 Å².